The summed E-state index contributed by atoms with van der Waals surface area (Å²) in [4.78, 5) is 23.6. The smallest absolute Gasteiger partial charge is 0.339 e. The van der Waals surface area contributed by atoms with Crippen molar-refractivity contribution in [3.63, 3.8) is 0 Å². The van der Waals surface area contributed by atoms with E-state index in [4.69, 9.17) is 16.4 Å². The highest BCUT2D eigenvalue weighted by Gasteiger charge is 2.25. The lowest BCUT2D eigenvalue weighted by Gasteiger charge is -2.16. The summed E-state index contributed by atoms with van der Waals surface area (Å²) in [5.74, 6) is -1.11. The number of carbonyl (C=O) groups excluding carboxylic acids is 2. The Morgan fingerprint density at radius 1 is 0.885 bits per heavy atom. The van der Waals surface area contributed by atoms with E-state index in [0.29, 0.717) is 5.56 Å². The van der Waals surface area contributed by atoms with E-state index in [-0.39, 0.29) is 21.3 Å². The number of carbonyl (C=O) groups is 2. The van der Waals surface area contributed by atoms with Crippen LogP contribution >= 0.6 is 12.2 Å². The van der Waals surface area contributed by atoms with Crippen LogP contribution in [0.2, 0.25) is 0 Å². The summed E-state index contributed by atoms with van der Waals surface area (Å²) in [6.45, 7) is 0. The van der Waals surface area contributed by atoms with Gasteiger partial charge in [-0.05, 0) is 48.1 Å². The quantitative estimate of drug-likeness (QED) is 0.355. The zero-order valence-corrected chi connectivity index (χ0v) is 14.8. The highest BCUT2D eigenvalue weighted by molar-refractivity contribution is 7.87. The van der Waals surface area contributed by atoms with Crippen LogP contribution in [0.4, 0.5) is 0 Å². The molecule has 9 heteroatoms. The molecule has 1 aliphatic heterocycles. The Balaban J connectivity index is 1.79. The van der Waals surface area contributed by atoms with Crippen molar-refractivity contribution in [3.8, 4) is 5.75 Å². The Hall–Kier alpha value is -3.04. The second kappa shape index (κ2) is 7.06. The second-order valence-electron chi connectivity index (χ2n) is 5.21. The predicted molar refractivity (Wildman–Crippen MR) is 97.6 cm³/mol. The molecule has 0 aromatic heterocycles. The first kappa shape index (κ1) is 17.8. The van der Waals surface area contributed by atoms with Crippen LogP contribution in [0.5, 0.6) is 5.75 Å². The van der Waals surface area contributed by atoms with Gasteiger partial charge in [0, 0.05) is 0 Å². The topological polar surface area (TPSA) is 102 Å². The fourth-order valence-corrected chi connectivity index (χ4v) is 3.29. The van der Waals surface area contributed by atoms with Crippen molar-refractivity contribution < 1.29 is 22.2 Å². The van der Waals surface area contributed by atoms with Gasteiger partial charge in [0.25, 0.3) is 11.8 Å². The molecule has 3 rings (SSSR count). The summed E-state index contributed by atoms with van der Waals surface area (Å²) in [5.41, 5.74) is 0.409. The average molecular weight is 388 g/mol. The summed E-state index contributed by atoms with van der Waals surface area (Å²) >= 11 is 4.72. The van der Waals surface area contributed by atoms with Gasteiger partial charge in [0.05, 0.1) is 0 Å². The van der Waals surface area contributed by atoms with Gasteiger partial charge in [0.1, 0.15) is 16.2 Å². The SMILES string of the molecule is O=C1NC(=S)NC(=O)C1=Cc1ccc(OS(=O)(=O)c2ccccc2)cc1. The number of hydrogen-bond donors (Lipinski definition) is 2. The van der Waals surface area contributed by atoms with Crippen LogP contribution in [0.25, 0.3) is 6.08 Å². The molecule has 1 aliphatic rings. The molecule has 0 atom stereocenters. The van der Waals surface area contributed by atoms with Crippen LogP contribution in [0, 0.1) is 0 Å². The van der Waals surface area contributed by atoms with Gasteiger partial charge < -0.3 is 4.18 Å². The van der Waals surface area contributed by atoms with Crippen molar-refractivity contribution >= 4 is 45.3 Å². The van der Waals surface area contributed by atoms with E-state index in [1.807, 2.05) is 0 Å². The molecular formula is C17H12N2O5S2. The van der Waals surface area contributed by atoms with Crippen LogP contribution in [0.3, 0.4) is 0 Å². The summed E-state index contributed by atoms with van der Waals surface area (Å²) < 4.78 is 29.4. The Kier molecular flexibility index (Phi) is 4.83. The van der Waals surface area contributed by atoms with Crippen molar-refractivity contribution in [3.05, 3.63) is 65.7 Å². The predicted octanol–water partition coefficient (Wildman–Crippen LogP) is 1.37. The van der Waals surface area contributed by atoms with E-state index < -0.39 is 21.9 Å². The maximum atomic E-state index is 12.2. The van der Waals surface area contributed by atoms with Crippen molar-refractivity contribution in [2.24, 2.45) is 0 Å². The highest BCUT2D eigenvalue weighted by Crippen LogP contribution is 2.20. The molecule has 2 amide bonds. The van der Waals surface area contributed by atoms with Gasteiger partial charge in [-0.2, -0.15) is 8.42 Å². The van der Waals surface area contributed by atoms with Gasteiger partial charge in [-0.15, -0.1) is 0 Å². The first-order chi connectivity index (χ1) is 12.3. The van der Waals surface area contributed by atoms with Gasteiger partial charge in [-0.25, -0.2) is 0 Å². The molecule has 26 heavy (non-hydrogen) atoms. The maximum absolute atomic E-state index is 12.2. The van der Waals surface area contributed by atoms with E-state index in [9.17, 15) is 18.0 Å². The summed E-state index contributed by atoms with van der Waals surface area (Å²) in [5, 5.41) is 4.61. The molecule has 2 N–H and O–H groups in total. The molecule has 2 aromatic rings. The number of benzene rings is 2. The first-order valence-corrected chi connectivity index (χ1v) is 9.15. The van der Waals surface area contributed by atoms with Gasteiger partial charge in [0.2, 0.25) is 0 Å². The third kappa shape index (κ3) is 3.95. The Labute approximate surface area is 154 Å². The minimum absolute atomic E-state index is 0.0395. The van der Waals surface area contributed by atoms with E-state index in [0.717, 1.165) is 0 Å². The van der Waals surface area contributed by atoms with Gasteiger partial charge in [-0.3, -0.25) is 20.2 Å². The maximum Gasteiger partial charge on any atom is 0.339 e. The monoisotopic (exact) mass is 388 g/mol. The van der Waals surface area contributed by atoms with Crippen LogP contribution in [-0.4, -0.2) is 25.3 Å². The molecule has 2 aromatic carbocycles. The van der Waals surface area contributed by atoms with E-state index >= 15 is 0 Å². The normalized spacial score (nSPS) is 14.5. The van der Waals surface area contributed by atoms with Crippen molar-refractivity contribution in [2.75, 3.05) is 0 Å². The minimum atomic E-state index is -3.94. The van der Waals surface area contributed by atoms with Crippen molar-refractivity contribution in [1.82, 2.24) is 10.6 Å². The lowest BCUT2D eigenvalue weighted by molar-refractivity contribution is -0.123. The average Bonchev–Trinajstić information content (AvgIpc) is 2.60. The summed E-state index contributed by atoms with van der Waals surface area (Å²) in [6, 6.07) is 13.6. The Bertz CT molecular complexity index is 991. The molecular weight excluding hydrogens is 376 g/mol. The number of amides is 2. The van der Waals surface area contributed by atoms with Gasteiger partial charge in [-0.1, -0.05) is 30.3 Å². The van der Waals surface area contributed by atoms with Crippen molar-refractivity contribution in [2.45, 2.75) is 4.90 Å². The van der Waals surface area contributed by atoms with Gasteiger partial charge in [0.15, 0.2) is 5.11 Å². The molecule has 132 valence electrons. The lowest BCUT2D eigenvalue weighted by atomic mass is 10.1. The van der Waals surface area contributed by atoms with Gasteiger partial charge >= 0.3 is 10.1 Å². The molecule has 0 radical (unpaired) electrons. The van der Waals surface area contributed by atoms with Crippen LogP contribution in [0.1, 0.15) is 5.56 Å². The molecule has 1 fully saturated rings. The Morgan fingerprint density at radius 2 is 1.46 bits per heavy atom. The van der Waals surface area contributed by atoms with Crippen LogP contribution in [0.15, 0.2) is 65.1 Å². The third-order valence-electron chi connectivity index (χ3n) is 3.37. The number of hydrogen-bond acceptors (Lipinski definition) is 6. The molecule has 0 saturated carbocycles. The molecule has 0 spiro atoms. The number of nitrogens with one attached hydrogen (secondary N) is 2. The summed E-state index contributed by atoms with van der Waals surface area (Å²) in [6.07, 6.45) is 1.36. The largest absolute Gasteiger partial charge is 0.379 e. The van der Waals surface area contributed by atoms with Crippen LogP contribution < -0.4 is 14.8 Å². The van der Waals surface area contributed by atoms with Crippen LogP contribution in [-0.2, 0) is 19.7 Å². The fraction of sp³-hybridized carbons (Fsp3) is 0. The molecule has 0 bridgehead atoms. The second-order valence-corrected chi connectivity index (χ2v) is 7.17. The number of rotatable bonds is 4. The third-order valence-corrected chi connectivity index (χ3v) is 4.84. The molecule has 1 saturated heterocycles. The molecule has 7 nitrogen and oxygen atoms in total. The molecule has 0 unspecified atom stereocenters. The first-order valence-electron chi connectivity index (χ1n) is 7.33. The van der Waals surface area contributed by atoms with E-state index in [1.54, 1.807) is 18.2 Å². The Morgan fingerprint density at radius 3 is 2.04 bits per heavy atom. The van der Waals surface area contributed by atoms with E-state index in [1.165, 1.54) is 42.5 Å². The highest BCUT2D eigenvalue weighted by atomic mass is 32.2. The molecule has 1 heterocycles. The van der Waals surface area contributed by atoms with Crippen molar-refractivity contribution in [1.29, 1.82) is 0 Å². The zero-order chi connectivity index (χ0) is 18.7. The van der Waals surface area contributed by atoms with E-state index in [2.05, 4.69) is 10.6 Å². The number of thiocarbonyl (C=S) groups is 1. The minimum Gasteiger partial charge on any atom is -0.379 e. The molecule has 0 aliphatic carbocycles. The fourth-order valence-electron chi connectivity index (χ4n) is 2.15. The summed E-state index contributed by atoms with van der Waals surface area (Å²) in [7, 11) is -3.94. The lowest BCUT2D eigenvalue weighted by Crippen LogP contribution is -2.51. The zero-order valence-electron chi connectivity index (χ0n) is 13.1. The standard InChI is InChI=1S/C17H12N2O5S2/c20-15-14(16(21)19-17(25)18-15)10-11-6-8-12(9-7-11)24-26(22,23)13-4-2-1-3-5-13/h1-10H,(H2,18,19,20,21,25).